The van der Waals surface area contributed by atoms with Gasteiger partial charge in [0.05, 0.1) is 5.25 Å². The summed E-state index contributed by atoms with van der Waals surface area (Å²) in [6.45, 7) is 6.20. The average molecular weight is 273 g/mol. The van der Waals surface area contributed by atoms with Crippen LogP contribution in [0.1, 0.15) is 46.0 Å². The Morgan fingerprint density at radius 3 is 2.50 bits per heavy atom. The van der Waals surface area contributed by atoms with Crippen molar-refractivity contribution >= 4 is 10.8 Å². The maximum absolute atomic E-state index is 12.8. The van der Waals surface area contributed by atoms with Gasteiger partial charge in [-0.3, -0.25) is 4.21 Å². The third-order valence-corrected chi connectivity index (χ3v) is 6.72. The van der Waals surface area contributed by atoms with E-state index in [9.17, 15) is 4.21 Å². The number of ether oxygens (including phenoxy) is 1. The molecule has 2 aliphatic rings. The van der Waals surface area contributed by atoms with Crippen molar-refractivity contribution in [1.82, 2.24) is 5.32 Å². The lowest BCUT2D eigenvalue weighted by Gasteiger charge is -2.41. The van der Waals surface area contributed by atoms with Crippen molar-refractivity contribution in [2.75, 3.05) is 20.3 Å². The number of hydrogen-bond donors (Lipinski definition) is 1. The third-order valence-electron chi connectivity index (χ3n) is 4.50. The Morgan fingerprint density at radius 2 is 1.89 bits per heavy atom. The van der Waals surface area contributed by atoms with Crippen LogP contribution in [0.25, 0.3) is 0 Å². The summed E-state index contributed by atoms with van der Waals surface area (Å²) in [5, 5.41) is 4.06. The molecule has 3 nitrogen and oxygen atoms in total. The summed E-state index contributed by atoms with van der Waals surface area (Å²) >= 11 is 0. The molecule has 1 N–H and O–H groups in total. The molecule has 1 aliphatic carbocycles. The Balaban J connectivity index is 2.04. The topological polar surface area (TPSA) is 38.3 Å². The van der Waals surface area contributed by atoms with Crippen LogP contribution in [0, 0.1) is 5.41 Å². The fourth-order valence-electron chi connectivity index (χ4n) is 3.25. The Kier molecular flexibility index (Phi) is 4.84. The van der Waals surface area contributed by atoms with Crippen LogP contribution in [0.15, 0.2) is 0 Å². The van der Waals surface area contributed by atoms with Crippen LogP contribution in [0.2, 0.25) is 0 Å². The molecule has 3 unspecified atom stereocenters. The van der Waals surface area contributed by atoms with Crippen LogP contribution in [0.4, 0.5) is 0 Å². The minimum absolute atomic E-state index is 0.321. The van der Waals surface area contributed by atoms with Crippen molar-refractivity contribution in [3.63, 3.8) is 0 Å². The zero-order valence-corrected chi connectivity index (χ0v) is 12.7. The van der Waals surface area contributed by atoms with Crippen LogP contribution in [-0.2, 0) is 15.5 Å². The maximum atomic E-state index is 12.8. The predicted octanol–water partition coefficient (Wildman–Crippen LogP) is 2.08. The van der Waals surface area contributed by atoms with Gasteiger partial charge in [-0.15, -0.1) is 0 Å². The lowest BCUT2D eigenvalue weighted by atomic mass is 9.75. The Bertz CT molecular complexity index is 300. The first-order chi connectivity index (χ1) is 8.53. The van der Waals surface area contributed by atoms with Gasteiger partial charge in [-0.25, -0.2) is 0 Å². The van der Waals surface area contributed by atoms with Crippen molar-refractivity contribution in [3.8, 4) is 0 Å². The molecule has 4 heteroatoms. The first-order valence-electron chi connectivity index (χ1n) is 7.18. The predicted molar refractivity (Wildman–Crippen MR) is 76.3 cm³/mol. The Morgan fingerprint density at radius 1 is 1.22 bits per heavy atom. The molecule has 2 fully saturated rings. The fraction of sp³-hybridized carbons (Fsp3) is 1.00. The average Bonchev–Trinajstić information content (AvgIpc) is 2.38. The van der Waals surface area contributed by atoms with Crippen LogP contribution in [0.3, 0.4) is 0 Å². The molecule has 0 bridgehead atoms. The highest BCUT2D eigenvalue weighted by atomic mass is 32.2. The van der Waals surface area contributed by atoms with E-state index in [1.54, 1.807) is 0 Å². The standard InChI is InChI=1S/C14H27NO2S/c1-14(2)7-4-12(15-3)13(10-14)18(16)11-5-8-17-9-6-11/h11-13,15H,4-10H2,1-3H3. The second kappa shape index (κ2) is 6.02. The molecule has 1 heterocycles. The van der Waals surface area contributed by atoms with Gasteiger partial charge in [-0.2, -0.15) is 0 Å². The monoisotopic (exact) mass is 273 g/mol. The molecule has 106 valence electrons. The van der Waals surface area contributed by atoms with Gasteiger partial charge in [0.15, 0.2) is 0 Å². The molecule has 18 heavy (non-hydrogen) atoms. The Hall–Kier alpha value is 0.0700. The number of hydrogen-bond acceptors (Lipinski definition) is 3. The molecule has 1 aliphatic heterocycles. The largest absolute Gasteiger partial charge is 0.381 e. The van der Waals surface area contributed by atoms with Gasteiger partial charge in [0.2, 0.25) is 0 Å². The zero-order valence-electron chi connectivity index (χ0n) is 11.9. The summed E-state index contributed by atoms with van der Waals surface area (Å²) in [6, 6.07) is 0.432. The van der Waals surface area contributed by atoms with Gasteiger partial charge in [0, 0.05) is 35.3 Å². The van der Waals surface area contributed by atoms with Crippen molar-refractivity contribution in [2.24, 2.45) is 5.41 Å². The normalized spacial score (nSPS) is 35.3. The minimum atomic E-state index is -0.712. The third kappa shape index (κ3) is 3.34. The minimum Gasteiger partial charge on any atom is -0.381 e. The SMILES string of the molecule is CNC1CCC(C)(C)CC1S(=O)C1CCOCC1. The highest BCUT2D eigenvalue weighted by Crippen LogP contribution is 2.38. The van der Waals surface area contributed by atoms with Crippen molar-refractivity contribution in [3.05, 3.63) is 0 Å². The summed E-state index contributed by atoms with van der Waals surface area (Å²) in [6.07, 6.45) is 5.42. The smallest absolute Gasteiger partial charge is 0.0509 e. The van der Waals surface area contributed by atoms with E-state index in [4.69, 9.17) is 4.74 Å². The van der Waals surface area contributed by atoms with Crippen LogP contribution >= 0.6 is 0 Å². The summed E-state index contributed by atoms with van der Waals surface area (Å²) in [5.41, 5.74) is 0.346. The van der Waals surface area contributed by atoms with Crippen molar-refractivity contribution in [2.45, 2.75) is 62.5 Å². The van der Waals surface area contributed by atoms with Gasteiger partial charge in [0.25, 0.3) is 0 Å². The lowest BCUT2D eigenvalue weighted by Crippen LogP contribution is -2.49. The van der Waals surface area contributed by atoms with E-state index in [1.165, 1.54) is 6.42 Å². The fourth-order valence-corrected chi connectivity index (χ4v) is 5.61. The number of rotatable bonds is 3. The van der Waals surface area contributed by atoms with E-state index in [2.05, 4.69) is 19.2 Å². The first-order valence-corrected chi connectivity index (χ1v) is 8.45. The summed E-state index contributed by atoms with van der Waals surface area (Å²) in [4.78, 5) is 0. The highest BCUT2D eigenvalue weighted by Gasteiger charge is 2.39. The second-order valence-corrected chi connectivity index (χ2v) is 8.41. The molecule has 0 aromatic rings. The lowest BCUT2D eigenvalue weighted by molar-refractivity contribution is 0.0987. The molecule has 1 saturated heterocycles. The molecule has 0 aromatic carbocycles. The van der Waals surface area contributed by atoms with Crippen LogP contribution < -0.4 is 5.32 Å². The Labute approximate surface area is 114 Å². The van der Waals surface area contributed by atoms with E-state index in [1.807, 2.05) is 7.05 Å². The summed E-state index contributed by atoms with van der Waals surface area (Å²) in [7, 11) is 1.30. The zero-order chi connectivity index (χ0) is 13.2. The molecule has 0 radical (unpaired) electrons. The molecule has 0 spiro atoms. The molecule has 2 rings (SSSR count). The maximum Gasteiger partial charge on any atom is 0.0509 e. The van der Waals surface area contributed by atoms with E-state index in [0.717, 1.165) is 38.9 Å². The van der Waals surface area contributed by atoms with Crippen LogP contribution in [0.5, 0.6) is 0 Å². The van der Waals surface area contributed by atoms with Crippen LogP contribution in [-0.4, -0.2) is 41.0 Å². The number of nitrogens with one attached hydrogen (secondary N) is 1. The molecular weight excluding hydrogens is 246 g/mol. The van der Waals surface area contributed by atoms with E-state index >= 15 is 0 Å². The molecular formula is C14H27NO2S. The second-order valence-electron chi connectivity index (χ2n) is 6.48. The van der Waals surface area contributed by atoms with Crippen molar-refractivity contribution < 1.29 is 8.95 Å². The van der Waals surface area contributed by atoms with Gasteiger partial charge >= 0.3 is 0 Å². The molecule has 0 aromatic heterocycles. The van der Waals surface area contributed by atoms with E-state index < -0.39 is 10.8 Å². The van der Waals surface area contributed by atoms with Gasteiger partial charge in [0.1, 0.15) is 0 Å². The first kappa shape index (κ1) is 14.5. The van der Waals surface area contributed by atoms with E-state index in [-0.39, 0.29) is 0 Å². The molecule has 3 atom stereocenters. The molecule has 1 saturated carbocycles. The molecule has 0 amide bonds. The van der Waals surface area contributed by atoms with Gasteiger partial charge < -0.3 is 10.1 Å². The summed E-state index contributed by atoms with van der Waals surface area (Å²) in [5.74, 6) is 0. The van der Waals surface area contributed by atoms with E-state index in [0.29, 0.717) is 22.0 Å². The quantitative estimate of drug-likeness (QED) is 0.855. The summed E-state index contributed by atoms with van der Waals surface area (Å²) < 4.78 is 18.2. The van der Waals surface area contributed by atoms with Gasteiger partial charge in [-0.05, 0) is 44.6 Å². The highest BCUT2D eigenvalue weighted by molar-refractivity contribution is 7.86. The van der Waals surface area contributed by atoms with Gasteiger partial charge in [-0.1, -0.05) is 13.8 Å². The van der Waals surface area contributed by atoms with Crippen molar-refractivity contribution in [1.29, 1.82) is 0 Å².